The molecule has 0 saturated heterocycles. The van der Waals surface area contributed by atoms with Gasteiger partial charge in [-0.05, 0) is 39.0 Å². The first kappa shape index (κ1) is 14.5. The number of amides is 1. The molecule has 18 heavy (non-hydrogen) atoms. The molecule has 0 fully saturated rings. The van der Waals surface area contributed by atoms with E-state index < -0.39 is 0 Å². The molecule has 1 aromatic rings. The van der Waals surface area contributed by atoms with Gasteiger partial charge >= 0.3 is 0 Å². The Morgan fingerprint density at radius 2 is 2.06 bits per heavy atom. The van der Waals surface area contributed by atoms with Gasteiger partial charge in [-0.1, -0.05) is 11.6 Å². The van der Waals surface area contributed by atoms with E-state index in [1.165, 1.54) is 13.0 Å². The summed E-state index contributed by atoms with van der Waals surface area (Å²) in [6.07, 6.45) is 0.0138. The fourth-order valence-corrected chi connectivity index (χ4v) is 1.52. The Hall–Kier alpha value is -1.55. The smallest absolute Gasteiger partial charge is 0.251 e. The molecule has 98 valence electrons. The molecule has 0 radical (unpaired) electrons. The van der Waals surface area contributed by atoms with Gasteiger partial charge in [0, 0.05) is 5.56 Å². The van der Waals surface area contributed by atoms with Crippen molar-refractivity contribution < 1.29 is 14.3 Å². The van der Waals surface area contributed by atoms with E-state index in [0.29, 0.717) is 16.3 Å². The first-order chi connectivity index (χ1) is 8.40. The van der Waals surface area contributed by atoms with E-state index in [0.717, 1.165) is 0 Å². The van der Waals surface area contributed by atoms with Crippen LogP contribution in [0.4, 0.5) is 0 Å². The van der Waals surface area contributed by atoms with Crippen molar-refractivity contribution in [3.63, 3.8) is 0 Å². The summed E-state index contributed by atoms with van der Waals surface area (Å²) in [7, 11) is 0. The number of halogens is 1. The molecule has 5 heteroatoms. The minimum Gasteiger partial charge on any atom is -0.489 e. The predicted octanol–water partition coefficient (Wildman–Crippen LogP) is 2.45. The largest absolute Gasteiger partial charge is 0.489 e. The second-order valence-corrected chi connectivity index (χ2v) is 4.60. The Balaban J connectivity index is 2.77. The Bertz CT molecular complexity index is 458. The first-order valence-corrected chi connectivity index (χ1v) is 6.01. The zero-order valence-electron chi connectivity index (χ0n) is 10.6. The number of Topliss-reactive ketones (excluding diaryl/α,β-unsaturated/α-hetero) is 1. The molecule has 0 spiro atoms. The third-order valence-corrected chi connectivity index (χ3v) is 2.35. The summed E-state index contributed by atoms with van der Waals surface area (Å²) in [5.41, 5.74) is 0.400. The number of hydrogen-bond acceptors (Lipinski definition) is 3. The third-order valence-electron chi connectivity index (χ3n) is 2.05. The van der Waals surface area contributed by atoms with E-state index in [4.69, 9.17) is 16.3 Å². The van der Waals surface area contributed by atoms with Gasteiger partial charge in [-0.15, -0.1) is 0 Å². The van der Waals surface area contributed by atoms with Crippen molar-refractivity contribution in [3.05, 3.63) is 28.8 Å². The van der Waals surface area contributed by atoms with Crippen LogP contribution < -0.4 is 10.1 Å². The number of hydrogen-bond donors (Lipinski definition) is 1. The van der Waals surface area contributed by atoms with E-state index in [-0.39, 0.29) is 24.3 Å². The van der Waals surface area contributed by atoms with Crippen LogP contribution in [-0.2, 0) is 4.79 Å². The summed E-state index contributed by atoms with van der Waals surface area (Å²) in [6, 6.07) is 4.78. The summed E-state index contributed by atoms with van der Waals surface area (Å²) < 4.78 is 5.46. The third kappa shape index (κ3) is 4.37. The Labute approximate surface area is 111 Å². The minimum atomic E-state index is -0.330. The molecule has 0 atom stereocenters. The lowest BCUT2D eigenvalue weighted by Gasteiger charge is -2.12. The molecule has 0 aromatic heterocycles. The van der Waals surface area contributed by atoms with Gasteiger partial charge in [-0.3, -0.25) is 9.59 Å². The first-order valence-electron chi connectivity index (χ1n) is 5.64. The highest BCUT2D eigenvalue weighted by Crippen LogP contribution is 2.26. The summed E-state index contributed by atoms with van der Waals surface area (Å²) in [4.78, 5) is 22.4. The lowest BCUT2D eigenvalue weighted by atomic mass is 10.2. The van der Waals surface area contributed by atoms with Gasteiger partial charge in [0.15, 0.2) is 0 Å². The number of ether oxygens (including phenoxy) is 1. The molecule has 0 aliphatic heterocycles. The maximum absolute atomic E-state index is 11.7. The van der Waals surface area contributed by atoms with Crippen LogP contribution in [0.2, 0.25) is 5.02 Å². The van der Waals surface area contributed by atoms with Crippen LogP contribution in [0.5, 0.6) is 5.75 Å². The SMILES string of the molecule is CC(=O)CNC(=O)c1ccc(OC(C)C)c(Cl)c1. The fraction of sp³-hybridized carbons (Fsp3) is 0.385. The van der Waals surface area contributed by atoms with E-state index >= 15 is 0 Å². The standard InChI is InChI=1S/C13H16ClNO3/c1-8(2)18-12-5-4-10(6-11(12)14)13(17)15-7-9(3)16/h4-6,8H,7H2,1-3H3,(H,15,17). The van der Waals surface area contributed by atoms with Gasteiger partial charge in [-0.2, -0.15) is 0 Å². The van der Waals surface area contributed by atoms with E-state index in [1.807, 2.05) is 13.8 Å². The molecular weight excluding hydrogens is 254 g/mol. The van der Waals surface area contributed by atoms with Crippen LogP contribution in [0.25, 0.3) is 0 Å². The van der Waals surface area contributed by atoms with Gasteiger partial charge in [0.1, 0.15) is 11.5 Å². The summed E-state index contributed by atoms with van der Waals surface area (Å²) in [5, 5.41) is 2.87. The Morgan fingerprint density at radius 1 is 1.39 bits per heavy atom. The average Bonchev–Trinajstić information content (AvgIpc) is 2.28. The number of carbonyl (C=O) groups excluding carboxylic acids is 2. The maximum Gasteiger partial charge on any atom is 0.251 e. The summed E-state index contributed by atoms with van der Waals surface area (Å²) in [5.74, 6) is 0.104. The molecule has 0 heterocycles. The number of ketones is 1. The highest BCUT2D eigenvalue weighted by molar-refractivity contribution is 6.32. The molecule has 4 nitrogen and oxygen atoms in total. The second kappa shape index (κ2) is 6.40. The highest BCUT2D eigenvalue weighted by Gasteiger charge is 2.10. The zero-order valence-corrected chi connectivity index (χ0v) is 11.4. The fourth-order valence-electron chi connectivity index (χ4n) is 1.30. The number of carbonyl (C=O) groups is 2. The van der Waals surface area contributed by atoms with Crippen molar-refractivity contribution in [2.24, 2.45) is 0 Å². The van der Waals surface area contributed by atoms with Crippen LogP contribution in [0.1, 0.15) is 31.1 Å². The molecule has 0 aliphatic carbocycles. The van der Waals surface area contributed by atoms with Crippen molar-refractivity contribution in [1.82, 2.24) is 5.32 Å². The molecule has 1 rings (SSSR count). The molecule has 1 amide bonds. The van der Waals surface area contributed by atoms with Gasteiger partial charge in [-0.25, -0.2) is 0 Å². The Kier molecular flexibility index (Phi) is 5.16. The maximum atomic E-state index is 11.7. The molecular formula is C13H16ClNO3. The number of rotatable bonds is 5. The number of benzene rings is 1. The Morgan fingerprint density at radius 3 is 2.56 bits per heavy atom. The topological polar surface area (TPSA) is 55.4 Å². The van der Waals surface area contributed by atoms with Gasteiger partial charge in [0.25, 0.3) is 5.91 Å². The van der Waals surface area contributed by atoms with E-state index in [2.05, 4.69) is 5.32 Å². The zero-order chi connectivity index (χ0) is 13.7. The van der Waals surface area contributed by atoms with Gasteiger partial charge in [0.2, 0.25) is 0 Å². The molecule has 0 unspecified atom stereocenters. The molecule has 0 saturated carbocycles. The van der Waals surface area contributed by atoms with E-state index in [9.17, 15) is 9.59 Å². The van der Waals surface area contributed by atoms with Gasteiger partial charge < -0.3 is 10.1 Å². The minimum absolute atomic E-state index is 0.0138. The van der Waals surface area contributed by atoms with Gasteiger partial charge in [0.05, 0.1) is 17.7 Å². The molecule has 0 aliphatic rings. The molecule has 0 bridgehead atoms. The van der Waals surface area contributed by atoms with Crippen molar-refractivity contribution >= 4 is 23.3 Å². The van der Waals surface area contributed by atoms with Crippen molar-refractivity contribution in [2.75, 3.05) is 6.54 Å². The van der Waals surface area contributed by atoms with Crippen LogP contribution in [0.3, 0.4) is 0 Å². The highest BCUT2D eigenvalue weighted by atomic mass is 35.5. The quantitative estimate of drug-likeness (QED) is 0.893. The predicted molar refractivity (Wildman–Crippen MR) is 70.2 cm³/mol. The number of nitrogens with one attached hydrogen (secondary N) is 1. The summed E-state index contributed by atoms with van der Waals surface area (Å²) in [6.45, 7) is 5.21. The van der Waals surface area contributed by atoms with Crippen LogP contribution in [-0.4, -0.2) is 24.3 Å². The monoisotopic (exact) mass is 269 g/mol. The van der Waals surface area contributed by atoms with Crippen molar-refractivity contribution in [2.45, 2.75) is 26.9 Å². The second-order valence-electron chi connectivity index (χ2n) is 4.20. The molecule has 1 aromatic carbocycles. The van der Waals surface area contributed by atoms with Crippen molar-refractivity contribution in [1.29, 1.82) is 0 Å². The van der Waals surface area contributed by atoms with Crippen LogP contribution in [0, 0.1) is 0 Å². The normalized spacial score (nSPS) is 10.3. The molecule has 1 N–H and O–H groups in total. The average molecular weight is 270 g/mol. The van der Waals surface area contributed by atoms with Crippen LogP contribution in [0.15, 0.2) is 18.2 Å². The van der Waals surface area contributed by atoms with E-state index in [1.54, 1.807) is 12.1 Å². The van der Waals surface area contributed by atoms with Crippen LogP contribution >= 0.6 is 11.6 Å². The lowest BCUT2D eigenvalue weighted by Crippen LogP contribution is -2.28. The summed E-state index contributed by atoms with van der Waals surface area (Å²) >= 11 is 6.01. The lowest BCUT2D eigenvalue weighted by molar-refractivity contribution is -0.116. The van der Waals surface area contributed by atoms with Crippen molar-refractivity contribution in [3.8, 4) is 5.75 Å².